The predicted molar refractivity (Wildman–Crippen MR) is 85.6 cm³/mol. The highest BCUT2D eigenvalue weighted by atomic mass is 16.5. The van der Waals surface area contributed by atoms with Gasteiger partial charge in [0.1, 0.15) is 6.61 Å². The molecule has 1 fully saturated rings. The first-order valence-electron chi connectivity index (χ1n) is 7.69. The van der Waals surface area contributed by atoms with Crippen LogP contribution in [0.15, 0.2) is 30.3 Å². The van der Waals surface area contributed by atoms with Gasteiger partial charge >= 0.3 is 0 Å². The number of carbonyl (C=O) groups is 2. The Hall–Kier alpha value is -1.92. The number of benzene rings is 1. The fourth-order valence-electron chi connectivity index (χ4n) is 3.12. The van der Waals surface area contributed by atoms with Crippen LogP contribution in [0.2, 0.25) is 0 Å². The normalized spacial score (nSPS) is 27.6. The summed E-state index contributed by atoms with van der Waals surface area (Å²) < 4.78 is 4.85. The van der Waals surface area contributed by atoms with Gasteiger partial charge in [0.25, 0.3) is 0 Å². The van der Waals surface area contributed by atoms with Gasteiger partial charge in [-0.3, -0.25) is 9.59 Å². The summed E-state index contributed by atoms with van der Waals surface area (Å²) in [6.45, 7) is 3.55. The summed E-state index contributed by atoms with van der Waals surface area (Å²) in [6, 6.07) is 8.43. The third-order valence-corrected chi connectivity index (χ3v) is 4.32. The van der Waals surface area contributed by atoms with Gasteiger partial charge in [0.05, 0.1) is 17.7 Å². The van der Waals surface area contributed by atoms with E-state index in [9.17, 15) is 14.7 Å². The van der Waals surface area contributed by atoms with Gasteiger partial charge in [-0.05, 0) is 18.9 Å². The van der Waals surface area contributed by atoms with E-state index in [1.807, 2.05) is 30.3 Å². The third kappa shape index (κ3) is 3.89. The predicted octanol–water partition coefficient (Wildman–Crippen LogP) is 0.862. The number of rotatable bonds is 4. The van der Waals surface area contributed by atoms with Crippen LogP contribution in [0, 0.1) is 0 Å². The molecule has 3 unspecified atom stereocenters. The Bertz CT molecular complexity index is 559. The zero-order valence-corrected chi connectivity index (χ0v) is 13.8. The smallest absolute Gasteiger partial charge is 0.246 e. The van der Waals surface area contributed by atoms with E-state index in [-0.39, 0.29) is 18.4 Å². The van der Waals surface area contributed by atoms with E-state index < -0.39 is 17.7 Å². The Kier molecular flexibility index (Phi) is 5.38. The molecule has 1 aliphatic rings. The van der Waals surface area contributed by atoms with Crippen molar-refractivity contribution in [2.45, 2.75) is 38.0 Å². The summed E-state index contributed by atoms with van der Waals surface area (Å²) in [5.74, 6) is -0.399. The highest BCUT2D eigenvalue weighted by Gasteiger charge is 2.46. The molecule has 2 rings (SSSR count). The van der Waals surface area contributed by atoms with Crippen LogP contribution in [-0.4, -0.2) is 53.7 Å². The number of methoxy groups -OCH3 is 1. The van der Waals surface area contributed by atoms with Crippen LogP contribution in [0.1, 0.15) is 31.9 Å². The van der Waals surface area contributed by atoms with Crippen LogP contribution in [0.25, 0.3) is 0 Å². The second-order valence-electron chi connectivity index (χ2n) is 6.15. The number of carbonyl (C=O) groups excluding carboxylic acids is 2. The largest absolute Gasteiger partial charge is 0.388 e. The first-order valence-corrected chi connectivity index (χ1v) is 7.69. The van der Waals surface area contributed by atoms with Gasteiger partial charge in [0.15, 0.2) is 0 Å². The number of nitrogens with zero attached hydrogens (tertiary/aromatic N) is 1. The van der Waals surface area contributed by atoms with E-state index in [0.717, 1.165) is 5.56 Å². The lowest BCUT2D eigenvalue weighted by Crippen LogP contribution is -2.63. The van der Waals surface area contributed by atoms with E-state index >= 15 is 0 Å². The number of nitrogens with one attached hydrogen (secondary N) is 1. The molecule has 6 nitrogen and oxygen atoms in total. The molecule has 0 bridgehead atoms. The summed E-state index contributed by atoms with van der Waals surface area (Å²) in [5, 5.41) is 13.6. The number of aliphatic hydroxyl groups is 1. The molecule has 3 atom stereocenters. The van der Waals surface area contributed by atoms with Crippen molar-refractivity contribution < 1.29 is 19.4 Å². The minimum Gasteiger partial charge on any atom is -0.388 e. The molecule has 0 spiro atoms. The molecule has 23 heavy (non-hydrogen) atoms. The lowest BCUT2D eigenvalue weighted by Gasteiger charge is -2.48. The molecule has 2 N–H and O–H groups in total. The van der Waals surface area contributed by atoms with Crippen molar-refractivity contribution >= 4 is 11.8 Å². The standard InChI is InChI=1S/C17H24N2O4/c1-12(20)19-10-9-17(2,22)16(18-14(21)11-23-3)15(19)13-7-5-4-6-8-13/h4-8,15-16,22H,9-11H2,1-3H3,(H,18,21). The van der Waals surface area contributed by atoms with Crippen molar-refractivity contribution in [3.63, 3.8) is 0 Å². The van der Waals surface area contributed by atoms with Crippen LogP contribution in [0.5, 0.6) is 0 Å². The molecule has 1 aromatic carbocycles. The van der Waals surface area contributed by atoms with Crippen LogP contribution in [0.3, 0.4) is 0 Å². The maximum atomic E-state index is 12.1. The van der Waals surface area contributed by atoms with E-state index in [4.69, 9.17) is 4.74 Å². The van der Waals surface area contributed by atoms with E-state index in [0.29, 0.717) is 13.0 Å². The van der Waals surface area contributed by atoms with E-state index in [1.165, 1.54) is 14.0 Å². The molecule has 126 valence electrons. The zero-order chi connectivity index (χ0) is 17.0. The molecule has 0 aromatic heterocycles. The molecule has 0 saturated carbocycles. The Morgan fingerprint density at radius 2 is 2.04 bits per heavy atom. The number of amides is 2. The van der Waals surface area contributed by atoms with Crippen LogP contribution < -0.4 is 5.32 Å². The molecule has 1 saturated heterocycles. The number of piperidine rings is 1. The fraction of sp³-hybridized carbons (Fsp3) is 0.529. The van der Waals surface area contributed by atoms with Gasteiger partial charge in [-0.1, -0.05) is 30.3 Å². The van der Waals surface area contributed by atoms with Gasteiger partial charge in [0, 0.05) is 20.6 Å². The second-order valence-corrected chi connectivity index (χ2v) is 6.15. The maximum Gasteiger partial charge on any atom is 0.246 e. The highest BCUT2D eigenvalue weighted by molar-refractivity contribution is 5.78. The van der Waals surface area contributed by atoms with Gasteiger partial charge in [-0.25, -0.2) is 0 Å². The summed E-state index contributed by atoms with van der Waals surface area (Å²) in [7, 11) is 1.44. The van der Waals surface area contributed by atoms with Gasteiger partial charge in [-0.2, -0.15) is 0 Å². The monoisotopic (exact) mass is 320 g/mol. The number of hydrogen-bond donors (Lipinski definition) is 2. The molecule has 0 radical (unpaired) electrons. The van der Waals surface area contributed by atoms with Crippen molar-refractivity contribution in [2.24, 2.45) is 0 Å². The second kappa shape index (κ2) is 7.10. The van der Waals surface area contributed by atoms with Crippen LogP contribution in [-0.2, 0) is 14.3 Å². The van der Waals surface area contributed by atoms with Crippen molar-refractivity contribution in [3.05, 3.63) is 35.9 Å². The Labute approximate surface area is 136 Å². The average molecular weight is 320 g/mol. The topological polar surface area (TPSA) is 78.9 Å². The highest BCUT2D eigenvalue weighted by Crippen LogP contribution is 2.36. The Morgan fingerprint density at radius 3 is 2.61 bits per heavy atom. The minimum absolute atomic E-state index is 0.0830. The molecule has 6 heteroatoms. The first kappa shape index (κ1) is 17.4. The Balaban J connectivity index is 2.40. The Morgan fingerprint density at radius 1 is 1.39 bits per heavy atom. The number of ether oxygens (including phenoxy) is 1. The summed E-state index contributed by atoms with van der Waals surface area (Å²) in [4.78, 5) is 25.8. The average Bonchev–Trinajstić information content (AvgIpc) is 2.49. The van der Waals surface area contributed by atoms with Crippen LogP contribution >= 0.6 is 0 Å². The molecular weight excluding hydrogens is 296 g/mol. The lowest BCUT2D eigenvalue weighted by atomic mass is 9.79. The van der Waals surface area contributed by atoms with Gasteiger partial charge in [0.2, 0.25) is 11.8 Å². The van der Waals surface area contributed by atoms with Gasteiger partial charge in [-0.15, -0.1) is 0 Å². The molecule has 1 aromatic rings. The van der Waals surface area contributed by atoms with Crippen LogP contribution in [0.4, 0.5) is 0 Å². The molecular formula is C17H24N2O4. The zero-order valence-electron chi connectivity index (χ0n) is 13.8. The summed E-state index contributed by atoms with van der Waals surface area (Å²) in [5.41, 5.74) is -0.235. The summed E-state index contributed by atoms with van der Waals surface area (Å²) in [6.07, 6.45) is 0.397. The molecule has 1 heterocycles. The maximum absolute atomic E-state index is 12.1. The first-order chi connectivity index (χ1) is 10.9. The third-order valence-electron chi connectivity index (χ3n) is 4.32. The number of hydrogen-bond acceptors (Lipinski definition) is 4. The van der Waals surface area contributed by atoms with Crippen molar-refractivity contribution in [3.8, 4) is 0 Å². The van der Waals surface area contributed by atoms with E-state index in [2.05, 4.69) is 5.32 Å². The van der Waals surface area contributed by atoms with E-state index in [1.54, 1.807) is 11.8 Å². The van der Waals surface area contributed by atoms with Crippen molar-refractivity contribution in [1.29, 1.82) is 0 Å². The SMILES string of the molecule is COCC(=O)NC1C(c2ccccc2)N(C(C)=O)CCC1(C)O. The number of likely N-dealkylation sites (tertiary alicyclic amines) is 1. The molecule has 1 aliphatic heterocycles. The minimum atomic E-state index is -1.12. The van der Waals surface area contributed by atoms with Gasteiger partial charge < -0.3 is 20.1 Å². The fourth-order valence-corrected chi connectivity index (χ4v) is 3.12. The molecule has 2 amide bonds. The van der Waals surface area contributed by atoms with Crippen molar-refractivity contribution in [1.82, 2.24) is 10.2 Å². The van der Waals surface area contributed by atoms with Crippen molar-refractivity contribution in [2.75, 3.05) is 20.3 Å². The summed E-state index contributed by atoms with van der Waals surface area (Å²) >= 11 is 0. The lowest BCUT2D eigenvalue weighted by molar-refractivity contribution is -0.145. The quantitative estimate of drug-likeness (QED) is 0.862. The molecule has 0 aliphatic carbocycles.